The van der Waals surface area contributed by atoms with Gasteiger partial charge in [-0.2, -0.15) is 8.42 Å². The smallest absolute Gasteiger partial charge is 0.295 e. The van der Waals surface area contributed by atoms with Gasteiger partial charge < -0.3 is 14.7 Å². The highest BCUT2D eigenvalue weighted by Gasteiger charge is 2.24. The topological polar surface area (TPSA) is 132 Å². The van der Waals surface area contributed by atoms with Gasteiger partial charge in [-0.1, -0.05) is 35.9 Å². The van der Waals surface area contributed by atoms with Crippen molar-refractivity contribution < 1.29 is 21.3 Å². The maximum absolute atomic E-state index is 13.1. The fourth-order valence-corrected chi connectivity index (χ4v) is 6.19. The first-order valence-electron chi connectivity index (χ1n) is 10.5. The molecular formula is C23H19ClN3O6S2-. The van der Waals surface area contributed by atoms with E-state index in [4.69, 9.17) is 16.0 Å². The molecule has 0 atom stereocenters. The quantitative estimate of drug-likeness (QED) is 0.372. The van der Waals surface area contributed by atoms with Crippen molar-refractivity contribution in [1.82, 2.24) is 5.06 Å². The highest BCUT2D eigenvalue weighted by Crippen LogP contribution is 2.32. The second-order valence-corrected chi connectivity index (χ2v) is 11.8. The second-order valence-electron chi connectivity index (χ2n) is 8.05. The van der Waals surface area contributed by atoms with Crippen LogP contribution in [0, 0.1) is 5.21 Å². The summed E-state index contributed by atoms with van der Waals surface area (Å²) in [6.45, 7) is 0.489. The monoisotopic (exact) mass is 532 g/mol. The highest BCUT2D eigenvalue weighted by molar-refractivity contribution is 7.93. The third-order valence-electron chi connectivity index (χ3n) is 5.60. The van der Waals surface area contributed by atoms with E-state index in [0.29, 0.717) is 17.4 Å². The number of benzene rings is 3. The number of fused-ring (bicyclic) bond motifs is 2. The van der Waals surface area contributed by atoms with Crippen LogP contribution < -0.4 is 9.44 Å². The second kappa shape index (κ2) is 8.85. The van der Waals surface area contributed by atoms with Gasteiger partial charge in [-0.25, -0.2) is 8.42 Å². The number of hydrogen-bond acceptors (Lipinski definition) is 7. The first-order chi connectivity index (χ1) is 16.6. The third-order valence-corrected chi connectivity index (χ3v) is 8.42. The predicted molar refractivity (Wildman–Crippen MR) is 133 cm³/mol. The van der Waals surface area contributed by atoms with Crippen molar-refractivity contribution in [2.24, 2.45) is 0 Å². The van der Waals surface area contributed by atoms with Crippen molar-refractivity contribution in [2.75, 3.05) is 16.0 Å². The molecule has 3 aromatic carbocycles. The molecule has 0 unspecified atom stereocenters. The van der Waals surface area contributed by atoms with Crippen LogP contribution in [-0.2, 0) is 33.0 Å². The third kappa shape index (κ3) is 4.86. The van der Waals surface area contributed by atoms with Crippen LogP contribution in [0.3, 0.4) is 0 Å². The zero-order valence-corrected chi connectivity index (χ0v) is 20.5. The Kier molecular flexibility index (Phi) is 5.98. The Morgan fingerprint density at radius 2 is 1.63 bits per heavy atom. The van der Waals surface area contributed by atoms with Crippen molar-refractivity contribution in [3.05, 3.63) is 88.1 Å². The minimum Gasteiger partial charge on any atom is -0.785 e. The fourth-order valence-electron chi connectivity index (χ4n) is 3.85. The average molecular weight is 533 g/mol. The van der Waals surface area contributed by atoms with Crippen molar-refractivity contribution in [3.8, 4) is 0 Å². The average Bonchev–Trinajstić information content (AvgIpc) is 3.26. The predicted octanol–water partition coefficient (Wildman–Crippen LogP) is 4.54. The largest absolute Gasteiger partial charge is 0.785 e. The molecular weight excluding hydrogens is 514 g/mol. The summed E-state index contributed by atoms with van der Waals surface area (Å²) >= 11 is 6.07. The number of halogens is 1. The Balaban J connectivity index is 1.46. The number of furan rings is 1. The normalized spacial score (nSPS) is 14.6. The van der Waals surface area contributed by atoms with Crippen LogP contribution in [0.4, 0.5) is 11.4 Å². The van der Waals surface area contributed by atoms with E-state index in [0.717, 1.165) is 16.2 Å². The van der Waals surface area contributed by atoms with E-state index >= 15 is 0 Å². The Hall–Kier alpha value is -3.09. The number of sulfonamides is 2. The Morgan fingerprint density at radius 1 is 0.857 bits per heavy atom. The van der Waals surface area contributed by atoms with Gasteiger partial charge >= 0.3 is 0 Å². The van der Waals surface area contributed by atoms with Gasteiger partial charge in [0.15, 0.2) is 0 Å². The van der Waals surface area contributed by atoms with E-state index in [2.05, 4.69) is 9.44 Å². The summed E-state index contributed by atoms with van der Waals surface area (Å²) < 4.78 is 62.5. The van der Waals surface area contributed by atoms with Gasteiger partial charge in [-0.15, -0.1) is 0 Å². The number of para-hydroxylation sites is 1. The summed E-state index contributed by atoms with van der Waals surface area (Å²) in [5, 5.41) is 13.0. The first kappa shape index (κ1) is 23.6. The molecule has 0 radical (unpaired) electrons. The lowest BCUT2D eigenvalue weighted by molar-refractivity contribution is 0.354. The van der Waals surface area contributed by atoms with Crippen molar-refractivity contribution in [2.45, 2.75) is 23.0 Å². The molecule has 0 spiro atoms. The lowest BCUT2D eigenvalue weighted by Gasteiger charge is -2.33. The molecule has 2 N–H and O–H groups in total. The van der Waals surface area contributed by atoms with Crippen LogP contribution in [0.15, 0.2) is 81.1 Å². The minimum atomic E-state index is -4.20. The van der Waals surface area contributed by atoms with Gasteiger partial charge in [0.05, 0.1) is 16.3 Å². The lowest BCUT2D eigenvalue weighted by atomic mass is 10.0. The van der Waals surface area contributed by atoms with Gasteiger partial charge in [0.1, 0.15) is 5.58 Å². The van der Waals surface area contributed by atoms with Crippen molar-refractivity contribution >= 4 is 54.0 Å². The van der Waals surface area contributed by atoms with Gasteiger partial charge in [-0.3, -0.25) is 9.44 Å². The van der Waals surface area contributed by atoms with Gasteiger partial charge in [0.2, 0.25) is 5.09 Å². The molecule has 9 nitrogen and oxygen atoms in total. The molecule has 0 amide bonds. The summed E-state index contributed by atoms with van der Waals surface area (Å²) in [4.78, 5) is -0.00311. The molecule has 182 valence electrons. The first-order valence-corrected chi connectivity index (χ1v) is 13.8. The number of hydroxylamine groups is 2. The van der Waals surface area contributed by atoms with Crippen molar-refractivity contribution in [3.63, 3.8) is 0 Å². The zero-order chi connectivity index (χ0) is 24.8. The number of rotatable bonds is 6. The van der Waals surface area contributed by atoms with Gasteiger partial charge in [0, 0.05) is 23.0 Å². The number of hydrogen-bond donors (Lipinski definition) is 2. The van der Waals surface area contributed by atoms with Crippen LogP contribution in [-0.4, -0.2) is 28.4 Å². The molecule has 35 heavy (non-hydrogen) atoms. The number of nitrogens with zero attached hydrogens (tertiary/aromatic N) is 1. The highest BCUT2D eigenvalue weighted by atomic mass is 35.5. The molecule has 5 rings (SSSR count). The molecule has 1 aliphatic heterocycles. The molecule has 2 heterocycles. The summed E-state index contributed by atoms with van der Waals surface area (Å²) in [5.41, 5.74) is 1.87. The van der Waals surface area contributed by atoms with Crippen LogP contribution >= 0.6 is 11.6 Å². The number of anilines is 2. The maximum atomic E-state index is 13.1. The van der Waals surface area contributed by atoms with Crippen LogP contribution in [0.25, 0.3) is 11.0 Å². The molecule has 4 aromatic rings. The van der Waals surface area contributed by atoms with E-state index in [9.17, 15) is 22.0 Å². The Bertz CT molecular complexity index is 1620. The SMILES string of the molecule is O=S(=O)(Nc1ccc(Cl)cc1NS(=O)(=O)c1cc2ccccc2o1)c1ccc2c(c1)CCN([O-])C2. The fraction of sp³-hybridized carbons (Fsp3) is 0.130. The lowest BCUT2D eigenvalue weighted by Crippen LogP contribution is -2.25. The van der Waals surface area contributed by atoms with Gasteiger partial charge in [-0.05, 0) is 60.5 Å². The van der Waals surface area contributed by atoms with E-state index in [1.807, 2.05) is 0 Å². The Morgan fingerprint density at radius 3 is 2.43 bits per heavy atom. The summed E-state index contributed by atoms with van der Waals surface area (Å²) in [7, 11) is -8.28. The number of nitrogens with one attached hydrogen (secondary N) is 2. The van der Waals surface area contributed by atoms with Crippen LogP contribution in [0.5, 0.6) is 0 Å². The van der Waals surface area contributed by atoms with Crippen LogP contribution in [0.1, 0.15) is 11.1 Å². The summed E-state index contributed by atoms with van der Waals surface area (Å²) in [5.74, 6) is 0. The maximum Gasteiger partial charge on any atom is 0.295 e. The molecule has 0 fully saturated rings. The molecule has 0 saturated carbocycles. The minimum absolute atomic E-state index is 0.00311. The molecule has 12 heteroatoms. The summed E-state index contributed by atoms with van der Waals surface area (Å²) in [6, 6.07) is 16.9. The molecule has 1 aliphatic rings. The van der Waals surface area contributed by atoms with E-state index in [-0.39, 0.29) is 39.5 Å². The zero-order valence-electron chi connectivity index (χ0n) is 18.1. The van der Waals surface area contributed by atoms with Crippen molar-refractivity contribution in [1.29, 1.82) is 0 Å². The molecule has 0 saturated heterocycles. The van der Waals surface area contributed by atoms with E-state index in [1.165, 1.54) is 36.4 Å². The van der Waals surface area contributed by atoms with Gasteiger partial charge in [0.25, 0.3) is 20.0 Å². The van der Waals surface area contributed by atoms with E-state index < -0.39 is 20.0 Å². The van der Waals surface area contributed by atoms with Crippen LogP contribution in [0.2, 0.25) is 5.02 Å². The Labute approximate surface area is 207 Å². The molecule has 1 aromatic heterocycles. The molecule has 0 bridgehead atoms. The summed E-state index contributed by atoms with van der Waals surface area (Å²) in [6.07, 6.45) is 0.436. The standard InChI is InChI=1S/C23H19ClN3O6S2/c24-18-6-8-20(25-34(29,30)19-7-5-17-14-27(28)10-9-15(17)11-19)21(13-18)26-35(31,32)23-12-16-3-1-2-4-22(16)33-23/h1-8,11-13,25-26H,9-10,14H2/q-1. The van der Waals surface area contributed by atoms with E-state index in [1.54, 1.807) is 30.3 Å². The molecule has 0 aliphatic carbocycles.